The van der Waals surface area contributed by atoms with Gasteiger partial charge in [0.15, 0.2) is 0 Å². The fourth-order valence-electron chi connectivity index (χ4n) is 1.68. The molecular weight excluding hydrogens is 210 g/mol. The van der Waals surface area contributed by atoms with Crippen molar-refractivity contribution in [1.29, 1.82) is 0 Å². The second-order valence-corrected chi connectivity index (χ2v) is 3.93. The molecule has 0 aromatic heterocycles. The zero-order valence-electron chi connectivity index (χ0n) is 10.0. The molecule has 0 heterocycles. The summed E-state index contributed by atoms with van der Waals surface area (Å²) in [6.07, 6.45) is 0. The molecule has 0 aliphatic carbocycles. The predicted molar refractivity (Wildman–Crippen MR) is 70.9 cm³/mol. The summed E-state index contributed by atoms with van der Waals surface area (Å²) < 4.78 is 5.68. The fourth-order valence-corrected chi connectivity index (χ4v) is 1.68. The standard InChI is InChI=1S/C15H17NO/c1-16-15-9-5-8-14(10-15)12-17-11-13-6-3-2-4-7-13/h2-10,16H,11-12H2,1H3. The van der Waals surface area contributed by atoms with E-state index in [0.29, 0.717) is 13.2 Å². The van der Waals surface area contributed by atoms with E-state index in [-0.39, 0.29) is 0 Å². The van der Waals surface area contributed by atoms with Crippen LogP contribution in [0.15, 0.2) is 54.6 Å². The highest BCUT2D eigenvalue weighted by atomic mass is 16.5. The van der Waals surface area contributed by atoms with Gasteiger partial charge in [-0.3, -0.25) is 0 Å². The van der Waals surface area contributed by atoms with Crippen molar-refractivity contribution in [2.24, 2.45) is 0 Å². The van der Waals surface area contributed by atoms with E-state index in [1.54, 1.807) is 0 Å². The first-order valence-corrected chi connectivity index (χ1v) is 5.77. The van der Waals surface area contributed by atoms with Crippen molar-refractivity contribution in [3.63, 3.8) is 0 Å². The van der Waals surface area contributed by atoms with Gasteiger partial charge in [-0.2, -0.15) is 0 Å². The van der Waals surface area contributed by atoms with Gasteiger partial charge in [0.1, 0.15) is 0 Å². The Morgan fingerprint density at radius 2 is 1.59 bits per heavy atom. The van der Waals surface area contributed by atoms with E-state index in [4.69, 9.17) is 4.74 Å². The van der Waals surface area contributed by atoms with E-state index in [2.05, 4.69) is 29.6 Å². The molecular formula is C15H17NO. The first-order chi connectivity index (χ1) is 8.38. The molecule has 0 saturated heterocycles. The number of benzene rings is 2. The third-order valence-corrected chi connectivity index (χ3v) is 2.60. The second kappa shape index (κ2) is 6.06. The van der Waals surface area contributed by atoms with Crippen molar-refractivity contribution in [3.8, 4) is 0 Å². The molecule has 0 atom stereocenters. The Labute approximate surface area is 102 Å². The monoisotopic (exact) mass is 227 g/mol. The lowest BCUT2D eigenvalue weighted by molar-refractivity contribution is 0.107. The van der Waals surface area contributed by atoms with E-state index < -0.39 is 0 Å². The van der Waals surface area contributed by atoms with Gasteiger partial charge in [0.05, 0.1) is 13.2 Å². The molecule has 0 fully saturated rings. The number of anilines is 1. The molecule has 0 bridgehead atoms. The first-order valence-electron chi connectivity index (χ1n) is 5.77. The van der Waals surface area contributed by atoms with Crippen LogP contribution in [0.5, 0.6) is 0 Å². The van der Waals surface area contributed by atoms with Crippen molar-refractivity contribution in [1.82, 2.24) is 0 Å². The second-order valence-electron chi connectivity index (χ2n) is 3.93. The quantitative estimate of drug-likeness (QED) is 0.844. The van der Waals surface area contributed by atoms with Crippen LogP contribution in [-0.2, 0) is 18.0 Å². The Balaban J connectivity index is 1.86. The van der Waals surface area contributed by atoms with Gasteiger partial charge in [0, 0.05) is 12.7 Å². The van der Waals surface area contributed by atoms with Gasteiger partial charge >= 0.3 is 0 Å². The third-order valence-electron chi connectivity index (χ3n) is 2.60. The zero-order valence-corrected chi connectivity index (χ0v) is 10.0. The van der Waals surface area contributed by atoms with E-state index in [1.807, 2.05) is 37.4 Å². The average Bonchev–Trinajstić information content (AvgIpc) is 2.40. The highest BCUT2D eigenvalue weighted by Crippen LogP contribution is 2.11. The van der Waals surface area contributed by atoms with Gasteiger partial charge in [-0.05, 0) is 23.3 Å². The molecule has 0 spiro atoms. The zero-order chi connectivity index (χ0) is 11.9. The highest BCUT2D eigenvalue weighted by molar-refractivity contribution is 5.44. The lowest BCUT2D eigenvalue weighted by Crippen LogP contribution is -1.95. The molecule has 2 heteroatoms. The molecule has 0 unspecified atom stereocenters. The van der Waals surface area contributed by atoms with Gasteiger partial charge in [-0.25, -0.2) is 0 Å². The number of ether oxygens (including phenoxy) is 1. The molecule has 2 aromatic carbocycles. The van der Waals surface area contributed by atoms with Gasteiger partial charge < -0.3 is 10.1 Å². The summed E-state index contributed by atoms with van der Waals surface area (Å²) in [5.74, 6) is 0. The van der Waals surface area contributed by atoms with Gasteiger partial charge in [-0.15, -0.1) is 0 Å². The Morgan fingerprint density at radius 3 is 2.35 bits per heavy atom. The molecule has 0 aliphatic heterocycles. The number of rotatable bonds is 5. The van der Waals surface area contributed by atoms with E-state index in [0.717, 1.165) is 5.69 Å². The summed E-state index contributed by atoms with van der Waals surface area (Å²) in [7, 11) is 1.92. The van der Waals surface area contributed by atoms with Crippen molar-refractivity contribution in [2.45, 2.75) is 13.2 Å². The minimum Gasteiger partial charge on any atom is -0.388 e. The van der Waals surface area contributed by atoms with Crippen LogP contribution in [0.1, 0.15) is 11.1 Å². The molecule has 0 radical (unpaired) electrons. The maximum absolute atomic E-state index is 5.68. The Hall–Kier alpha value is -1.80. The summed E-state index contributed by atoms with van der Waals surface area (Å²) in [5.41, 5.74) is 3.51. The normalized spacial score (nSPS) is 10.2. The lowest BCUT2D eigenvalue weighted by Gasteiger charge is -2.06. The van der Waals surface area contributed by atoms with Crippen LogP contribution in [0.2, 0.25) is 0 Å². The smallest absolute Gasteiger partial charge is 0.0722 e. The molecule has 88 valence electrons. The summed E-state index contributed by atoms with van der Waals surface area (Å²) in [6, 6.07) is 18.5. The van der Waals surface area contributed by atoms with Crippen LogP contribution < -0.4 is 5.32 Å². The average molecular weight is 227 g/mol. The largest absolute Gasteiger partial charge is 0.388 e. The molecule has 0 aliphatic rings. The fraction of sp³-hybridized carbons (Fsp3) is 0.200. The van der Waals surface area contributed by atoms with Crippen LogP contribution in [0, 0.1) is 0 Å². The Kier molecular flexibility index (Phi) is 4.17. The molecule has 2 nitrogen and oxygen atoms in total. The number of nitrogens with one attached hydrogen (secondary N) is 1. The minimum absolute atomic E-state index is 0.643. The summed E-state index contributed by atoms with van der Waals surface area (Å²) >= 11 is 0. The molecule has 0 saturated carbocycles. The topological polar surface area (TPSA) is 21.3 Å². The van der Waals surface area contributed by atoms with Crippen LogP contribution in [0.4, 0.5) is 5.69 Å². The molecule has 2 aromatic rings. The Bertz CT molecular complexity index is 453. The summed E-state index contributed by atoms with van der Waals surface area (Å²) in [4.78, 5) is 0. The van der Waals surface area contributed by atoms with E-state index in [1.165, 1.54) is 11.1 Å². The maximum atomic E-state index is 5.68. The molecule has 2 rings (SSSR count). The van der Waals surface area contributed by atoms with Gasteiger partial charge in [0.2, 0.25) is 0 Å². The highest BCUT2D eigenvalue weighted by Gasteiger charge is 1.96. The van der Waals surface area contributed by atoms with Crippen molar-refractivity contribution in [2.75, 3.05) is 12.4 Å². The summed E-state index contributed by atoms with van der Waals surface area (Å²) in [5, 5.41) is 3.12. The SMILES string of the molecule is CNc1cccc(COCc2ccccc2)c1. The molecule has 1 N–H and O–H groups in total. The van der Waals surface area contributed by atoms with Crippen LogP contribution >= 0.6 is 0 Å². The van der Waals surface area contributed by atoms with Crippen LogP contribution in [0.25, 0.3) is 0 Å². The van der Waals surface area contributed by atoms with Gasteiger partial charge in [0.25, 0.3) is 0 Å². The van der Waals surface area contributed by atoms with Crippen LogP contribution in [-0.4, -0.2) is 7.05 Å². The van der Waals surface area contributed by atoms with E-state index >= 15 is 0 Å². The lowest BCUT2D eigenvalue weighted by atomic mass is 10.2. The van der Waals surface area contributed by atoms with Gasteiger partial charge in [-0.1, -0.05) is 42.5 Å². The summed E-state index contributed by atoms with van der Waals surface area (Å²) in [6.45, 7) is 1.30. The third kappa shape index (κ3) is 3.61. The number of hydrogen-bond donors (Lipinski definition) is 1. The minimum atomic E-state index is 0.643. The van der Waals surface area contributed by atoms with Crippen molar-refractivity contribution in [3.05, 3.63) is 65.7 Å². The van der Waals surface area contributed by atoms with Crippen molar-refractivity contribution < 1.29 is 4.74 Å². The predicted octanol–water partition coefficient (Wildman–Crippen LogP) is 3.45. The van der Waals surface area contributed by atoms with Crippen LogP contribution in [0.3, 0.4) is 0 Å². The Morgan fingerprint density at radius 1 is 0.882 bits per heavy atom. The van der Waals surface area contributed by atoms with Crippen molar-refractivity contribution >= 4 is 5.69 Å². The molecule has 0 amide bonds. The molecule has 17 heavy (non-hydrogen) atoms. The number of hydrogen-bond acceptors (Lipinski definition) is 2. The first kappa shape index (κ1) is 11.7. The maximum Gasteiger partial charge on any atom is 0.0722 e. The van der Waals surface area contributed by atoms with E-state index in [9.17, 15) is 0 Å².